The quantitative estimate of drug-likeness (QED) is 0.606. The number of carbonyl (C=O) groups excluding carboxylic acids is 1. The maximum Gasteiger partial charge on any atom is 0.319 e. The summed E-state index contributed by atoms with van der Waals surface area (Å²) in [6.45, 7) is 3.16. The predicted molar refractivity (Wildman–Crippen MR) is 82.4 cm³/mol. The molecule has 0 heterocycles. The van der Waals surface area contributed by atoms with E-state index in [9.17, 15) is 9.59 Å². The van der Waals surface area contributed by atoms with E-state index in [0.29, 0.717) is 37.6 Å². The number of amides is 2. The molecule has 0 saturated heterocycles. The lowest BCUT2D eigenvalue weighted by molar-refractivity contribution is -0.137. The average molecular weight is 310 g/mol. The zero-order valence-corrected chi connectivity index (χ0v) is 12.8. The topological polar surface area (TPSA) is 96.9 Å². The van der Waals surface area contributed by atoms with Gasteiger partial charge in [0, 0.05) is 25.8 Å². The van der Waals surface area contributed by atoms with E-state index in [1.54, 1.807) is 19.2 Å². The van der Waals surface area contributed by atoms with Gasteiger partial charge in [-0.15, -0.1) is 0 Å². The third-order valence-electron chi connectivity index (χ3n) is 2.86. The largest absolute Gasteiger partial charge is 0.491 e. The Hall–Kier alpha value is -2.28. The molecule has 3 N–H and O–H groups in total. The molecule has 0 bridgehead atoms. The number of rotatable bonds is 9. The average Bonchev–Trinajstić information content (AvgIpc) is 2.46. The second-order valence-electron chi connectivity index (χ2n) is 4.70. The molecule has 0 radical (unpaired) electrons. The molecule has 7 heteroatoms. The first-order valence-electron chi connectivity index (χ1n) is 7.02. The number of carbonyl (C=O) groups is 2. The number of ether oxygens (including phenoxy) is 2. The van der Waals surface area contributed by atoms with Gasteiger partial charge >= 0.3 is 12.0 Å². The molecule has 0 aliphatic carbocycles. The highest BCUT2D eigenvalue weighted by Gasteiger charge is 2.06. The van der Waals surface area contributed by atoms with Crippen LogP contribution in [0.25, 0.3) is 0 Å². The number of nitrogens with one attached hydrogen (secondary N) is 2. The number of anilines is 1. The number of carboxylic acid groups (broad SMARTS) is 1. The molecule has 7 nitrogen and oxygen atoms in total. The van der Waals surface area contributed by atoms with Gasteiger partial charge in [0.2, 0.25) is 0 Å². The molecule has 1 aromatic carbocycles. The third kappa shape index (κ3) is 6.94. The Balaban J connectivity index is 2.41. The number of methoxy groups -OCH3 is 1. The van der Waals surface area contributed by atoms with Gasteiger partial charge in [0.15, 0.2) is 0 Å². The number of hydrogen-bond acceptors (Lipinski definition) is 4. The number of benzene rings is 1. The Morgan fingerprint density at radius 1 is 1.27 bits per heavy atom. The zero-order valence-electron chi connectivity index (χ0n) is 12.8. The van der Waals surface area contributed by atoms with E-state index in [-0.39, 0.29) is 12.5 Å². The van der Waals surface area contributed by atoms with Crippen LogP contribution in [0.15, 0.2) is 18.2 Å². The third-order valence-corrected chi connectivity index (χ3v) is 2.86. The molecular weight excluding hydrogens is 288 g/mol. The summed E-state index contributed by atoms with van der Waals surface area (Å²) in [4.78, 5) is 22.0. The Bertz CT molecular complexity index is 505. The Kier molecular flexibility index (Phi) is 7.77. The van der Waals surface area contributed by atoms with Crippen molar-refractivity contribution in [3.63, 3.8) is 0 Å². The van der Waals surface area contributed by atoms with Gasteiger partial charge in [-0.1, -0.05) is 0 Å². The van der Waals surface area contributed by atoms with Crippen LogP contribution in [0.4, 0.5) is 10.5 Å². The lowest BCUT2D eigenvalue weighted by Crippen LogP contribution is -2.30. The summed E-state index contributed by atoms with van der Waals surface area (Å²) >= 11 is 0. The van der Waals surface area contributed by atoms with Crippen molar-refractivity contribution in [2.24, 2.45) is 0 Å². The van der Waals surface area contributed by atoms with Crippen LogP contribution in [-0.2, 0) is 9.53 Å². The fourth-order valence-corrected chi connectivity index (χ4v) is 1.72. The molecule has 122 valence electrons. The van der Waals surface area contributed by atoms with Crippen LogP contribution in [0.3, 0.4) is 0 Å². The van der Waals surface area contributed by atoms with Gasteiger partial charge in [-0.3, -0.25) is 4.79 Å². The number of urea groups is 1. The van der Waals surface area contributed by atoms with Crippen LogP contribution in [0.1, 0.15) is 18.4 Å². The number of carboxylic acids is 1. The molecule has 1 rings (SSSR count). The van der Waals surface area contributed by atoms with E-state index in [4.69, 9.17) is 14.6 Å². The van der Waals surface area contributed by atoms with E-state index < -0.39 is 5.97 Å². The number of aryl methyl sites for hydroxylation is 1. The van der Waals surface area contributed by atoms with Gasteiger partial charge in [0.25, 0.3) is 0 Å². The van der Waals surface area contributed by atoms with E-state index in [1.807, 2.05) is 13.0 Å². The van der Waals surface area contributed by atoms with Gasteiger partial charge in [-0.2, -0.15) is 0 Å². The van der Waals surface area contributed by atoms with Gasteiger partial charge in [0.05, 0.1) is 6.61 Å². The molecule has 0 aliphatic rings. The normalized spacial score (nSPS) is 10.1. The molecule has 0 atom stereocenters. The molecule has 0 aromatic heterocycles. The summed E-state index contributed by atoms with van der Waals surface area (Å²) in [5.74, 6) is -0.163. The maximum atomic E-state index is 11.7. The highest BCUT2D eigenvalue weighted by atomic mass is 16.5. The Morgan fingerprint density at radius 2 is 2.05 bits per heavy atom. The minimum absolute atomic E-state index is 0.0345. The Morgan fingerprint density at radius 3 is 2.68 bits per heavy atom. The standard InChI is InChI=1S/C15H22N2O5/c1-11-10-12(22-9-8-21-2)5-6-13(11)17-15(20)16-7-3-4-14(18)19/h5-6,10H,3-4,7-9H2,1-2H3,(H,18,19)(H2,16,17,20). The highest BCUT2D eigenvalue weighted by Crippen LogP contribution is 2.21. The molecular formula is C15H22N2O5. The van der Waals surface area contributed by atoms with Crippen molar-refractivity contribution < 1.29 is 24.2 Å². The summed E-state index contributed by atoms with van der Waals surface area (Å²) < 4.78 is 10.4. The monoisotopic (exact) mass is 310 g/mol. The first-order valence-corrected chi connectivity index (χ1v) is 7.02. The minimum Gasteiger partial charge on any atom is -0.491 e. The minimum atomic E-state index is -0.873. The van der Waals surface area contributed by atoms with E-state index in [2.05, 4.69) is 10.6 Å². The molecule has 2 amide bonds. The van der Waals surface area contributed by atoms with Crippen LogP contribution >= 0.6 is 0 Å². The molecule has 0 unspecified atom stereocenters. The molecule has 0 spiro atoms. The predicted octanol–water partition coefficient (Wildman–Crippen LogP) is 2.01. The van der Waals surface area contributed by atoms with Gasteiger partial charge < -0.3 is 25.2 Å². The van der Waals surface area contributed by atoms with Crippen LogP contribution in [0, 0.1) is 6.92 Å². The number of aliphatic carboxylic acids is 1. The Labute approximate surface area is 129 Å². The van der Waals surface area contributed by atoms with E-state index in [0.717, 1.165) is 5.56 Å². The maximum absolute atomic E-state index is 11.7. The lowest BCUT2D eigenvalue weighted by Gasteiger charge is -2.12. The van der Waals surface area contributed by atoms with Gasteiger partial charge in [-0.05, 0) is 37.1 Å². The summed E-state index contributed by atoms with van der Waals surface area (Å²) in [6, 6.07) is 4.99. The summed E-state index contributed by atoms with van der Waals surface area (Å²) in [7, 11) is 1.61. The molecule has 0 aliphatic heterocycles. The van der Waals surface area contributed by atoms with Crippen molar-refractivity contribution in [1.82, 2.24) is 5.32 Å². The van der Waals surface area contributed by atoms with Crippen LogP contribution in [0.5, 0.6) is 5.75 Å². The number of hydrogen-bond donors (Lipinski definition) is 3. The molecule has 0 fully saturated rings. The summed E-state index contributed by atoms with van der Waals surface area (Å²) in [6.07, 6.45) is 0.431. The van der Waals surface area contributed by atoms with Crippen LogP contribution < -0.4 is 15.4 Å². The zero-order chi connectivity index (χ0) is 16.4. The highest BCUT2D eigenvalue weighted by molar-refractivity contribution is 5.90. The molecule has 0 saturated carbocycles. The first-order chi connectivity index (χ1) is 10.5. The SMILES string of the molecule is COCCOc1ccc(NC(=O)NCCCC(=O)O)c(C)c1. The fourth-order valence-electron chi connectivity index (χ4n) is 1.72. The van der Waals surface area contributed by atoms with Crippen LogP contribution in [0.2, 0.25) is 0 Å². The summed E-state index contributed by atoms with van der Waals surface area (Å²) in [5.41, 5.74) is 1.55. The lowest BCUT2D eigenvalue weighted by atomic mass is 10.2. The van der Waals surface area contributed by atoms with Crippen molar-refractivity contribution in [3.05, 3.63) is 23.8 Å². The van der Waals surface area contributed by atoms with Gasteiger partial charge in [-0.25, -0.2) is 4.79 Å². The fraction of sp³-hybridized carbons (Fsp3) is 0.467. The van der Waals surface area contributed by atoms with Gasteiger partial charge in [0.1, 0.15) is 12.4 Å². The van der Waals surface area contributed by atoms with E-state index >= 15 is 0 Å². The van der Waals surface area contributed by atoms with Crippen molar-refractivity contribution in [2.75, 3.05) is 32.2 Å². The van der Waals surface area contributed by atoms with Crippen LogP contribution in [-0.4, -0.2) is 44.0 Å². The van der Waals surface area contributed by atoms with Crippen molar-refractivity contribution in [3.8, 4) is 5.75 Å². The van der Waals surface area contributed by atoms with Crippen molar-refractivity contribution in [1.29, 1.82) is 0 Å². The molecule has 1 aromatic rings. The second-order valence-corrected chi connectivity index (χ2v) is 4.70. The molecule has 22 heavy (non-hydrogen) atoms. The first kappa shape index (κ1) is 17.8. The smallest absolute Gasteiger partial charge is 0.319 e. The van der Waals surface area contributed by atoms with Crippen molar-refractivity contribution in [2.45, 2.75) is 19.8 Å². The van der Waals surface area contributed by atoms with E-state index in [1.165, 1.54) is 0 Å². The van der Waals surface area contributed by atoms with Crippen molar-refractivity contribution >= 4 is 17.7 Å². The summed E-state index contributed by atoms with van der Waals surface area (Å²) in [5, 5.41) is 13.8. The second kappa shape index (κ2) is 9.62.